The molecule has 0 radical (unpaired) electrons. The molecule has 1 aromatic heterocycles. The molecule has 118 valence electrons. The third-order valence-electron chi connectivity index (χ3n) is 4.60. The minimum Gasteiger partial charge on any atom is -0.377 e. The van der Waals surface area contributed by atoms with Crippen LogP contribution in [0.2, 0.25) is 0 Å². The number of hydrogen-bond acceptors (Lipinski definition) is 6. The molecule has 2 saturated heterocycles. The van der Waals surface area contributed by atoms with Crippen molar-refractivity contribution in [2.24, 2.45) is 0 Å². The van der Waals surface area contributed by atoms with Crippen LogP contribution in [0.3, 0.4) is 0 Å². The van der Waals surface area contributed by atoms with E-state index in [0.29, 0.717) is 6.10 Å². The molecule has 3 heterocycles. The summed E-state index contributed by atoms with van der Waals surface area (Å²) in [5.74, 6) is 1.55. The van der Waals surface area contributed by atoms with Crippen molar-refractivity contribution < 1.29 is 9.26 Å². The topological polar surface area (TPSA) is 54.6 Å². The first-order valence-corrected chi connectivity index (χ1v) is 8.16. The Hall–Kier alpha value is -0.980. The minimum atomic E-state index is 0.211. The largest absolute Gasteiger partial charge is 0.377 e. The molecule has 0 saturated carbocycles. The average Bonchev–Trinajstić information content (AvgIpc) is 3.18. The summed E-state index contributed by atoms with van der Waals surface area (Å²) in [6.45, 7) is 10.5. The summed E-state index contributed by atoms with van der Waals surface area (Å²) in [5.41, 5.74) is 0. The monoisotopic (exact) mass is 294 g/mol. The van der Waals surface area contributed by atoms with Crippen molar-refractivity contribution in [1.82, 2.24) is 19.9 Å². The second-order valence-corrected chi connectivity index (χ2v) is 6.05. The van der Waals surface area contributed by atoms with Crippen molar-refractivity contribution in [2.75, 3.05) is 39.3 Å². The summed E-state index contributed by atoms with van der Waals surface area (Å²) in [5, 5.41) is 3.99. The standard InChI is InChI=1S/C15H26N4O2/c1-3-14-16-15(21-17-14)12(2)19-8-6-18(7-9-19)11-13-5-4-10-20-13/h12-13H,3-11H2,1-2H3/t12-,13+/m0/s1. The number of piperazine rings is 1. The van der Waals surface area contributed by atoms with Crippen LogP contribution >= 0.6 is 0 Å². The van der Waals surface area contributed by atoms with Crippen molar-refractivity contribution in [3.8, 4) is 0 Å². The number of rotatable bonds is 5. The molecule has 0 bridgehead atoms. The normalized spacial score (nSPS) is 26.3. The zero-order valence-corrected chi connectivity index (χ0v) is 13.1. The van der Waals surface area contributed by atoms with E-state index in [-0.39, 0.29) is 6.04 Å². The average molecular weight is 294 g/mol. The molecule has 0 aliphatic carbocycles. The van der Waals surface area contributed by atoms with Gasteiger partial charge in [-0.05, 0) is 19.8 Å². The molecule has 2 aliphatic heterocycles. The molecule has 0 spiro atoms. The van der Waals surface area contributed by atoms with Gasteiger partial charge in [-0.2, -0.15) is 4.98 Å². The molecule has 1 aromatic rings. The second kappa shape index (κ2) is 6.85. The summed E-state index contributed by atoms with van der Waals surface area (Å²) < 4.78 is 11.1. The van der Waals surface area contributed by atoms with Crippen molar-refractivity contribution in [1.29, 1.82) is 0 Å². The zero-order chi connectivity index (χ0) is 14.7. The van der Waals surface area contributed by atoms with E-state index in [0.717, 1.165) is 57.5 Å². The highest BCUT2D eigenvalue weighted by Gasteiger charge is 2.27. The smallest absolute Gasteiger partial charge is 0.243 e. The third-order valence-corrected chi connectivity index (χ3v) is 4.60. The molecule has 0 N–H and O–H groups in total. The molecule has 6 nitrogen and oxygen atoms in total. The van der Waals surface area contributed by atoms with Crippen LogP contribution in [0, 0.1) is 0 Å². The molecule has 0 aromatic carbocycles. The van der Waals surface area contributed by atoms with Crippen LogP contribution in [-0.2, 0) is 11.2 Å². The highest BCUT2D eigenvalue weighted by Crippen LogP contribution is 2.21. The lowest BCUT2D eigenvalue weighted by molar-refractivity contribution is 0.0379. The van der Waals surface area contributed by atoms with Gasteiger partial charge in [0, 0.05) is 45.8 Å². The minimum absolute atomic E-state index is 0.211. The van der Waals surface area contributed by atoms with Crippen LogP contribution in [-0.4, -0.2) is 65.4 Å². The fraction of sp³-hybridized carbons (Fsp3) is 0.867. The Morgan fingerprint density at radius 1 is 1.29 bits per heavy atom. The Morgan fingerprint density at radius 2 is 2.10 bits per heavy atom. The predicted octanol–water partition coefficient (Wildman–Crippen LogP) is 1.49. The van der Waals surface area contributed by atoms with Crippen LogP contribution in [0.25, 0.3) is 0 Å². The molecule has 0 unspecified atom stereocenters. The first-order valence-electron chi connectivity index (χ1n) is 8.16. The van der Waals surface area contributed by atoms with Gasteiger partial charge in [-0.3, -0.25) is 9.80 Å². The molecule has 0 amide bonds. The van der Waals surface area contributed by atoms with E-state index >= 15 is 0 Å². The molecule has 6 heteroatoms. The van der Waals surface area contributed by atoms with Gasteiger partial charge in [-0.15, -0.1) is 0 Å². The molecule has 2 fully saturated rings. The highest BCUT2D eigenvalue weighted by atomic mass is 16.5. The van der Waals surface area contributed by atoms with E-state index in [1.165, 1.54) is 12.8 Å². The molecule has 21 heavy (non-hydrogen) atoms. The van der Waals surface area contributed by atoms with E-state index < -0.39 is 0 Å². The Kier molecular flexibility index (Phi) is 4.87. The van der Waals surface area contributed by atoms with Gasteiger partial charge in [-0.25, -0.2) is 0 Å². The lowest BCUT2D eigenvalue weighted by Gasteiger charge is -2.37. The number of ether oxygens (including phenoxy) is 1. The van der Waals surface area contributed by atoms with E-state index in [1.807, 2.05) is 6.92 Å². The van der Waals surface area contributed by atoms with Crippen molar-refractivity contribution in [2.45, 2.75) is 45.3 Å². The van der Waals surface area contributed by atoms with E-state index in [1.54, 1.807) is 0 Å². The third kappa shape index (κ3) is 3.62. The fourth-order valence-corrected chi connectivity index (χ4v) is 3.15. The maximum Gasteiger partial charge on any atom is 0.243 e. The SMILES string of the molecule is CCc1noc([C@H](C)N2CCN(C[C@H]3CCCO3)CC2)n1. The van der Waals surface area contributed by atoms with Crippen LogP contribution in [0.15, 0.2) is 4.52 Å². The maximum atomic E-state index is 5.73. The summed E-state index contributed by atoms with van der Waals surface area (Å²) >= 11 is 0. The van der Waals surface area contributed by atoms with E-state index in [2.05, 4.69) is 26.9 Å². The number of hydrogen-bond donors (Lipinski definition) is 0. The summed E-state index contributed by atoms with van der Waals surface area (Å²) in [4.78, 5) is 9.40. The van der Waals surface area contributed by atoms with Gasteiger partial charge in [0.1, 0.15) is 0 Å². The van der Waals surface area contributed by atoms with Crippen molar-refractivity contribution in [3.63, 3.8) is 0 Å². The molecular weight excluding hydrogens is 268 g/mol. The lowest BCUT2D eigenvalue weighted by atomic mass is 10.2. The Morgan fingerprint density at radius 3 is 2.71 bits per heavy atom. The molecule has 2 atom stereocenters. The predicted molar refractivity (Wildman–Crippen MR) is 79.1 cm³/mol. The van der Waals surface area contributed by atoms with Gasteiger partial charge in [-0.1, -0.05) is 12.1 Å². The first kappa shape index (κ1) is 14.9. The van der Waals surface area contributed by atoms with E-state index in [9.17, 15) is 0 Å². The Bertz CT molecular complexity index is 437. The van der Waals surface area contributed by atoms with Gasteiger partial charge < -0.3 is 9.26 Å². The zero-order valence-electron chi connectivity index (χ0n) is 13.1. The van der Waals surface area contributed by atoms with E-state index in [4.69, 9.17) is 9.26 Å². The molecule has 2 aliphatic rings. The highest BCUT2D eigenvalue weighted by molar-refractivity contribution is 4.93. The van der Waals surface area contributed by atoms with Gasteiger partial charge in [0.05, 0.1) is 12.1 Å². The summed E-state index contributed by atoms with van der Waals surface area (Å²) in [6, 6.07) is 0.211. The molecular formula is C15H26N4O2. The Balaban J connectivity index is 1.48. The van der Waals surface area contributed by atoms with Crippen LogP contribution in [0.5, 0.6) is 0 Å². The lowest BCUT2D eigenvalue weighted by Crippen LogP contribution is -2.49. The van der Waals surface area contributed by atoms with Crippen molar-refractivity contribution >= 4 is 0 Å². The summed E-state index contributed by atoms with van der Waals surface area (Å²) in [6.07, 6.45) is 3.72. The number of nitrogens with zero attached hydrogens (tertiary/aromatic N) is 4. The van der Waals surface area contributed by atoms with Crippen molar-refractivity contribution in [3.05, 3.63) is 11.7 Å². The van der Waals surface area contributed by atoms with Crippen LogP contribution in [0.1, 0.15) is 44.4 Å². The first-order chi connectivity index (χ1) is 10.3. The number of aryl methyl sites for hydroxylation is 1. The van der Waals surface area contributed by atoms with Gasteiger partial charge >= 0.3 is 0 Å². The second-order valence-electron chi connectivity index (χ2n) is 6.05. The quantitative estimate of drug-likeness (QED) is 0.820. The van der Waals surface area contributed by atoms with Gasteiger partial charge in [0.2, 0.25) is 5.89 Å². The fourth-order valence-electron chi connectivity index (χ4n) is 3.15. The van der Waals surface area contributed by atoms with Crippen LogP contribution in [0.4, 0.5) is 0 Å². The van der Waals surface area contributed by atoms with Gasteiger partial charge in [0.25, 0.3) is 0 Å². The van der Waals surface area contributed by atoms with Gasteiger partial charge in [0.15, 0.2) is 5.82 Å². The summed E-state index contributed by atoms with van der Waals surface area (Å²) in [7, 11) is 0. The van der Waals surface area contributed by atoms with Crippen LogP contribution < -0.4 is 0 Å². The Labute approximate surface area is 126 Å². The maximum absolute atomic E-state index is 5.73. The molecule has 3 rings (SSSR count). The number of aromatic nitrogens is 2.